The number of phenols is 1. The second-order valence-corrected chi connectivity index (χ2v) is 5.25. The molecule has 0 radical (unpaired) electrons. The molecular weight excluding hydrogens is 321 g/mol. The van der Waals surface area contributed by atoms with Gasteiger partial charge in [0.2, 0.25) is 0 Å². The molecule has 114 valence electrons. The van der Waals surface area contributed by atoms with E-state index in [-0.39, 0.29) is 18.2 Å². The van der Waals surface area contributed by atoms with Crippen LogP contribution in [0.3, 0.4) is 0 Å². The number of rotatable bonds is 3. The molecule has 5 heteroatoms. The molecule has 1 heterocycles. The quantitative estimate of drug-likeness (QED) is 0.759. The number of methoxy groups -OCH3 is 1. The number of aromatic nitrogens is 1. The van der Waals surface area contributed by atoms with E-state index in [2.05, 4.69) is 4.98 Å². The van der Waals surface area contributed by atoms with Crippen LogP contribution in [0.15, 0.2) is 48.8 Å². The number of aromatic hydroxyl groups is 1. The normalized spacial score (nSPS) is 10.3. The number of halogens is 2. The molecule has 0 saturated heterocycles. The number of pyridine rings is 1. The minimum absolute atomic E-state index is 0. The van der Waals surface area contributed by atoms with Gasteiger partial charge in [0.15, 0.2) is 11.5 Å². The van der Waals surface area contributed by atoms with E-state index in [1.54, 1.807) is 12.3 Å². The molecule has 0 spiro atoms. The Bertz CT molecular complexity index is 789. The Morgan fingerprint density at radius 1 is 1.05 bits per heavy atom. The summed E-state index contributed by atoms with van der Waals surface area (Å²) in [5.41, 5.74) is 2.19. The monoisotopic (exact) mass is 335 g/mol. The van der Waals surface area contributed by atoms with Gasteiger partial charge in [-0.3, -0.25) is 4.98 Å². The molecule has 3 aromatic rings. The number of nitrogens with zero attached hydrogens (tertiary/aromatic N) is 1. The highest BCUT2D eigenvalue weighted by atomic mass is 35.5. The van der Waals surface area contributed by atoms with Crippen LogP contribution in [0.1, 0.15) is 11.1 Å². The molecule has 0 aliphatic rings. The Kier molecular flexibility index (Phi) is 5.11. The second-order valence-electron chi connectivity index (χ2n) is 4.81. The first-order chi connectivity index (χ1) is 10.2. The third kappa shape index (κ3) is 3.11. The van der Waals surface area contributed by atoms with Gasteiger partial charge in [0.05, 0.1) is 7.11 Å². The molecular formula is C17H15Cl2NO2. The lowest BCUT2D eigenvalue weighted by Crippen LogP contribution is -1.93. The van der Waals surface area contributed by atoms with Gasteiger partial charge in [0.1, 0.15) is 0 Å². The van der Waals surface area contributed by atoms with Crippen LogP contribution in [0, 0.1) is 0 Å². The van der Waals surface area contributed by atoms with E-state index in [9.17, 15) is 5.11 Å². The highest BCUT2D eigenvalue weighted by Gasteiger charge is 2.10. The van der Waals surface area contributed by atoms with Crippen LogP contribution in [0.5, 0.6) is 11.5 Å². The Labute approximate surface area is 139 Å². The second kappa shape index (κ2) is 6.86. The summed E-state index contributed by atoms with van der Waals surface area (Å²) in [5, 5.41) is 12.6. The van der Waals surface area contributed by atoms with Gasteiger partial charge in [-0.05, 0) is 41.1 Å². The number of ether oxygens (including phenoxy) is 1. The zero-order chi connectivity index (χ0) is 14.8. The maximum absolute atomic E-state index is 10.2. The highest BCUT2D eigenvalue weighted by Crippen LogP contribution is 2.35. The van der Waals surface area contributed by atoms with Crippen LogP contribution < -0.4 is 4.74 Å². The van der Waals surface area contributed by atoms with Crippen molar-refractivity contribution in [3.8, 4) is 11.5 Å². The summed E-state index contributed by atoms with van der Waals surface area (Å²) in [7, 11) is 1.53. The molecule has 0 aliphatic carbocycles. The Hall–Kier alpha value is -1.97. The number of phenolic OH excluding ortho intramolecular Hbond substituents is 1. The van der Waals surface area contributed by atoms with Crippen LogP contribution >= 0.6 is 24.0 Å². The predicted molar refractivity (Wildman–Crippen MR) is 91.5 cm³/mol. The van der Waals surface area contributed by atoms with E-state index < -0.39 is 0 Å². The molecule has 1 N–H and O–H groups in total. The fourth-order valence-corrected chi connectivity index (χ4v) is 2.52. The van der Waals surface area contributed by atoms with Gasteiger partial charge >= 0.3 is 0 Å². The van der Waals surface area contributed by atoms with Gasteiger partial charge in [0.25, 0.3) is 0 Å². The van der Waals surface area contributed by atoms with Gasteiger partial charge in [-0.2, -0.15) is 0 Å². The van der Waals surface area contributed by atoms with Crippen molar-refractivity contribution in [1.29, 1.82) is 0 Å². The highest BCUT2D eigenvalue weighted by molar-refractivity contribution is 6.30. The van der Waals surface area contributed by atoms with Crippen molar-refractivity contribution in [2.75, 3.05) is 7.11 Å². The van der Waals surface area contributed by atoms with Gasteiger partial charge in [-0.25, -0.2) is 0 Å². The Balaban J connectivity index is 0.00000176. The lowest BCUT2D eigenvalue weighted by Gasteiger charge is -2.10. The molecule has 0 fully saturated rings. The summed E-state index contributed by atoms with van der Waals surface area (Å²) in [5.74, 6) is 0.577. The summed E-state index contributed by atoms with van der Waals surface area (Å²) >= 11 is 5.90. The predicted octanol–water partition coefficient (Wildman–Crippen LogP) is 4.62. The van der Waals surface area contributed by atoms with Gasteiger partial charge in [-0.1, -0.05) is 29.8 Å². The molecule has 3 nitrogen and oxygen atoms in total. The summed E-state index contributed by atoms with van der Waals surface area (Å²) in [6.07, 6.45) is 4.20. The van der Waals surface area contributed by atoms with E-state index in [1.807, 2.05) is 36.5 Å². The number of fused-ring (bicyclic) bond motifs is 1. The van der Waals surface area contributed by atoms with E-state index in [0.717, 1.165) is 28.0 Å². The molecule has 2 aromatic carbocycles. The summed E-state index contributed by atoms with van der Waals surface area (Å²) in [6.45, 7) is 0. The van der Waals surface area contributed by atoms with Gasteiger partial charge in [-0.15, -0.1) is 12.4 Å². The Morgan fingerprint density at radius 2 is 1.77 bits per heavy atom. The molecule has 0 saturated carbocycles. The molecule has 0 atom stereocenters. The first-order valence-electron chi connectivity index (χ1n) is 6.56. The lowest BCUT2D eigenvalue weighted by molar-refractivity contribution is 0.376. The summed E-state index contributed by atoms with van der Waals surface area (Å²) < 4.78 is 5.13. The van der Waals surface area contributed by atoms with E-state index in [0.29, 0.717) is 11.1 Å². The fourth-order valence-electron chi connectivity index (χ4n) is 2.40. The van der Waals surface area contributed by atoms with E-state index in [4.69, 9.17) is 16.3 Å². The van der Waals surface area contributed by atoms with Gasteiger partial charge < -0.3 is 9.84 Å². The van der Waals surface area contributed by atoms with Crippen LogP contribution in [-0.4, -0.2) is 17.2 Å². The smallest absolute Gasteiger partial charge is 0.167 e. The largest absolute Gasteiger partial charge is 0.504 e. The van der Waals surface area contributed by atoms with Crippen molar-refractivity contribution in [3.05, 3.63) is 64.9 Å². The van der Waals surface area contributed by atoms with Crippen molar-refractivity contribution in [3.63, 3.8) is 0 Å². The minimum atomic E-state index is 0. The van der Waals surface area contributed by atoms with Crippen LogP contribution in [0.2, 0.25) is 5.02 Å². The minimum Gasteiger partial charge on any atom is -0.504 e. The SMILES string of the molecule is COc1ccc2c(Cc3ccc(Cl)cc3)cncc2c1O.Cl. The number of hydrogen-bond acceptors (Lipinski definition) is 3. The fraction of sp³-hybridized carbons (Fsp3) is 0.118. The molecule has 3 rings (SSSR count). The van der Waals surface area contributed by atoms with Crippen molar-refractivity contribution in [2.45, 2.75) is 6.42 Å². The molecule has 0 aliphatic heterocycles. The molecule has 22 heavy (non-hydrogen) atoms. The van der Waals surface area contributed by atoms with E-state index >= 15 is 0 Å². The average molecular weight is 336 g/mol. The van der Waals surface area contributed by atoms with Gasteiger partial charge in [0, 0.05) is 22.8 Å². The first-order valence-corrected chi connectivity index (χ1v) is 6.94. The third-order valence-electron chi connectivity index (χ3n) is 3.49. The maximum Gasteiger partial charge on any atom is 0.167 e. The van der Waals surface area contributed by atoms with Crippen molar-refractivity contribution in [1.82, 2.24) is 4.98 Å². The first kappa shape index (κ1) is 16.4. The topological polar surface area (TPSA) is 42.4 Å². The summed E-state index contributed by atoms with van der Waals surface area (Å²) in [4.78, 5) is 4.22. The zero-order valence-electron chi connectivity index (χ0n) is 11.9. The van der Waals surface area contributed by atoms with Crippen LogP contribution in [0.4, 0.5) is 0 Å². The number of hydrogen-bond donors (Lipinski definition) is 1. The van der Waals surface area contributed by atoms with Crippen LogP contribution in [0.25, 0.3) is 10.8 Å². The van der Waals surface area contributed by atoms with Crippen LogP contribution in [-0.2, 0) is 6.42 Å². The summed E-state index contributed by atoms with van der Waals surface area (Å²) in [6, 6.07) is 11.4. The molecule has 0 amide bonds. The molecule has 1 aromatic heterocycles. The zero-order valence-corrected chi connectivity index (χ0v) is 13.5. The lowest BCUT2D eigenvalue weighted by atomic mass is 10.0. The standard InChI is InChI=1S/C17H14ClNO2.ClH/c1-21-16-7-6-14-12(9-19-10-15(14)17(16)20)8-11-2-4-13(18)5-3-11;/h2-7,9-10,20H,8H2,1H3;1H. The van der Waals surface area contributed by atoms with Crippen molar-refractivity contribution in [2.24, 2.45) is 0 Å². The molecule has 0 unspecified atom stereocenters. The Morgan fingerprint density at radius 3 is 2.45 bits per heavy atom. The van der Waals surface area contributed by atoms with Crippen molar-refractivity contribution < 1.29 is 9.84 Å². The maximum atomic E-state index is 10.2. The van der Waals surface area contributed by atoms with Crippen molar-refractivity contribution >= 4 is 34.8 Å². The average Bonchev–Trinajstić information content (AvgIpc) is 2.51. The van der Waals surface area contributed by atoms with E-state index in [1.165, 1.54) is 7.11 Å². The number of benzene rings is 2. The molecule has 0 bridgehead atoms. The third-order valence-corrected chi connectivity index (χ3v) is 3.74.